The molecule has 264 valence electrons. The quantitative estimate of drug-likeness (QED) is 0.123. The standard InChI is InChI=1S/C32H46N6O10/c1-17(2)26(33)29(44)35-21(12-13-25(40)41)31(46)38-15-5-6-23(38)27(42)34-18(3)30(45)37-14-4-7-24(37)28(43)36-22(32(47)48)16-19-8-10-20(39)11-9-19/h8-11,17-18,21-24,26,39H,4-7,12-16,33H2,1-3H3,(H,34,42)(H,35,44)(H,36,43)(H,40,41)(H,47,48)/t18-,21-,22-,23-,24-,26-/m0/s1. The molecule has 5 amide bonds. The Morgan fingerprint density at radius 2 is 1.35 bits per heavy atom. The molecule has 3 rings (SSSR count). The van der Waals surface area contributed by atoms with Crippen LogP contribution in [0.4, 0.5) is 0 Å². The predicted octanol–water partition coefficient (Wildman–Crippen LogP) is -0.676. The van der Waals surface area contributed by atoms with Crippen molar-refractivity contribution in [1.29, 1.82) is 0 Å². The molecule has 0 radical (unpaired) electrons. The van der Waals surface area contributed by atoms with Crippen LogP contribution in [0, 0.1) is 5.92 Å². The van der Waals surface area contributed by atoms with Gasteiger partial charge in [0, 0.05) is 25.9 Å². The second kappa shape index (κ2) is 16.9. The van der Waals surface area contributed by atoms with Gasteiger partial charge in [0.15, 0.2) is 0 Å². The molecule has 2 heterocycles. The molecule has 1 aromatic carbocycles. The average Bonchev–Trinajstić information content (AvgIpc) is 3.73. The Kier molecular flexibility index (Phi) is 13.3. The lowest BCUT2D eigenvalue weighted by atomic mass is 10.0. The van der Waals surface area contributed by atoms with Crippen LogP contribution in [0.3, 0.4) is 0 Å². The average molecular weight is 675 g/mol. The summed E-state index contributed by atoms with van der Waals surface area (Å²) in [6, 6.07) is -0.578. The second-order valence-corrected chi connectivity index (χ2v) is 12.6. The van der Waals surface area contributed by atoms with E-state index in [0.717, 1.165) is 0 Å². The number of carboxylic acid groups (broad SMARTS) is 2. The second-order valence-electron chi connectivity index (χ2n) is 12.6. The lowest BCUT2D eigenvalue weighted by molar-refractivity contribution is -0.145. The molecule has 2 saturated heterocycles. The van der Waals surface area contributed by atoms with E-state index < -0.39 is 84.1 Å². The SMILES string of the molecule is CC(C)[C@H](N)C(=O)N[C@@H](CCC(=O)O)C(=O)N1CCC[C@H]1C(=O)N[C@@H](C)C(=O)N1CCC[C@H]1C(=O)N[C@@H](Cc1ccc(O)cc1)C(=O)O. The number of rotatable bonds is 15. The molecule has 0 bridgehead atoms. The number of nitrogens with two attached hydrogens (primary N) is 1. The highest BCUT2D eigenvalue weighted by atomic mass is 16.4. The smallest absolute Gasteiger partial charge is 0.326 e. The largest absolute Gasteiger partial charge is 0.508 e. The molecule has 0 unspecified atom stereocenters. The van der Waals surface area contributed by atoms with E-state index in [9.17, 15) is 48.9 Å². The minimum absolute atomic E-state index is 0.0129. The number of phenols is 1. The first-order valence-electron chi connectivity index (χ1n) is 16.1. The normalized spacial score (nSPS) is 20.0. The van der Waals surface area contributed by atoms with E-state index in [1.807, 2.05) is 0 Å². The van der Waals surface area contributed by atoms with Crippen molar-refractivity contribution in [3.8, 4) is 5.75 Å². The number of hydrogen-bond donors (Lipinski definition) is 7. The van der Waals surface area contributed by atoms with Crippen LogP contribution < -0.4 is 21.7 Å². The zero-order chi connectivity index (χ0) is 35.7. The number of amides is 5. The van der Waals surface area contributed by atoms with E-state index >= 15 is 0 Å². The van der Waals surface area contributed by atoms with Gasteiger partial charge >= 0.3 is 11.9 Å². The highest BCUT2D eigenvalue weighted by Gasteiger charge is 2.41. The molecule has 48 heavy (non-hydrogen) atoms. The summed E-state index contributed by atoms with van der Waals surface area (Å²) in [6.07, 6.45) is 0.847. The van der Waals surface area contributed by atoms with E-state index in [1.165, 1.54) is 28.9 Å². The topological polar surface area (TPSA) is 249 Å². The van der Waals surface area contributed by atoms with Crippen molar-refractivity contribution in [3.63, 3.8) is 0 Å². The van der Waals surface area contributed by atoms with Crippen molar-refractivity contribution in [2.75, 3.05) is 13.1 Å². The number of phenolic OH excluding ortho intramolecular Hbond substituents is 1. The third-order valence-electron chi connectivity index (χ3n) is 8.68. The molecule has 2 fully saturated rings. The van der Waals surface area contributed by atoms with Gasteiger partial charge in [0.05, 0.1) is 6.04 Å². The van der Waals surface area contributed by atoms with Crippen molar-refractivity contribution >= 4 is 41.5 Å². The zero-order valence-electron chi connectivity index (χ0n) is 27.4. The maximum absolute atomic E-state index is 13.5. The summed E-state index contributed by atoms with van der Waals surface area (Å²) in [7, 11) is 0. The number of carbonyl (C=O) groups is 7. The Morgan fingerprint density at radius 1 is 0.812 bits per heavy atom. The minimum atomic E-state index is -1.28. The van der Waals surface area contributed by atoms with Crippen molar-refractivity contribution in [3.05, 3.63) is 29.8 Å². The summed E-state index contributed by atoms with van der Waals surface area (Å²) < 4.78 is 0. The van der Waals surface area contributed by atoms with Gasteiger partial charge in [0.2, 0.25) is 29.5 Å². The van der Waals surface area contributed by atoms with Crippen LogP contribution in [0.15, 0.2) is 24.3 Å². The van der Waals surface area contributed by atoms with Gasteiger partial charge in [-0.25, -0.2) is 4.79 Å². The van der Waals surface area contributed by atoms with Crippen molar-refractivity contribution in [1.82, 2.24) is 25.8 Å². The van der Waals surface area contributed by atoms with Crippen LogP contribution in [0.2, 0.25) is 0 Å². The summed E-state index contributed by atoms with van der Waals surface area (Å²) in [5.74, 6) is -5.74. The molecular formula is C32H46N6O10. The third kappa shape index (κ3) is 9.89. The molecule has 2 aliphatic heterocycles. The molecular weight excluding hydrogens is 628 g/mol. The molecule has 0 saturated carbocycles. The van der Waals surface area contributed by atoms with Crippen molar-refractivity contribution in [2.24, 2.45) is 11.7 Å². The predicted molar refractivity (Wildman–Crippen MR) is 170 cm³/mol. The Morgan fingerprint density at radius 3 is 1.88 bits per heavy atom. The number of carboxylic acids is 2. The van der Waals surface area contributed by atoms with Crippen LogP contribution >= 0.6 is 0 Å². The fourth-order valence-electron chi connectivity index (χ4n) is 5.86. The lowest BCUT2D eigenvalue weighted by Crippen LogP contribution is -2.58. The van der Waals surface area contributed by atoms with E-state index in [4.69, 9.17) is 5.73 Å². The van der Waals surface area contributed by atoms with Gasteiger partial charge < -0.3 is 46.8 Å². The fraction of sp³-hybridized carbons (Fsp3) is 0.594. The van der Waals surface area contributed by atoms with E-state index in [-0.39, 0.29) is 44.0 Å². The maximum atomic E-state index is 13.5. The Balaban J connectivity index is 1.65. The van der Waals surface area contributed by atoms with E-state index in [2.05, 4.69) is 16.0 Å². The minimum Gasteiger partial charge on any atom is -0.508 e. The number of carbonyl (C=O) groups excluding carboxylic acids is 5. The molecule has 0 aromatic heterocycles. The van der Waals surface area contributed by atoms with E-state index in [1.54, 1.807) is 26.0 Å². The van der Waals surface area contributed by atoms with Gasteiger partial charge in [-0.15, -0.1) is 0 Å². The number of likely N-dealkylation sites (tertiary alicyclic amines) is 2. The van der Waals surface area contributed by atoms with Crippen LogP contribution in [0.25, 0.3) is 0 Å². The van der Waals surface area contributed by atoms with Gasteiger partial charge in [-0.3, -0.25) is 28.8 Å². The van der Waals surface area contributed by atoms with Gasteiger partial charge in [-0.2, -0.15) is 0 Å². The van der Waals surface area contributed by atoms with Gasteiger partial charge in [0.25, 0.3) is 0 Å². The number of benzene rings is 1. The Labute approximate surface area is 278 Å². The number of aliphatic carboxylic acids is 2. The zero-order valence-corrected chi connectivity index (χ0v) is 27.4. The summed E-state index contributed by atoms with van der Waals surface area (Å²) in [5.41, 5.74) is 6.49. The maximum Gasteiger partial charge on any atom is 0.326 e. The molecule has 2 aliphatic rings. The van der Waals surface area contributed by atoms with Crippen LogP contribution in [-0.2, 0) is 40.0 Å². The summed E-state index contributed by atoms with van der Waals surface area (Å²) >= 11 is 0. The van der Waals surface area contributed by atoms with Crippen molar-refractivity contribution < 1.29 is 48.9 Å². The molecule has 0 aliphatic carbocycles. The monoisotopic (exact) mass is 674 g/mol. The highest BCUT2D eigenvalue weighted by molar-refractivity contribution is 5.96. The van der Waals surface area contributed by atoms with Crippen LogP contribution in [0.1, 0.15) is 64.9 Å². The molecule has 8 N–H and O–H groups in total. The summed E-state index contributed by atoms with van der Waals surface area (Å²) in [6.45, 7) is 5.29. The van der Waals surface area contributed by atoms with Gasteiger partial charge in [0.1, 0.15) is 36.0 Å². The molecule has 6 atom stereocenters. The van der Waals surface area contributed by atoms with Crippen LogP contribution in [-0.4, -0.2) is 116 Å². The molecule has 16 heteroatoms. The fourth-order valence-corrected chi connectivity index (χ4v) is 5.86. The van der Waals surface area contributed by atoms with Crippen LogP contribution in [0.5, 0.6) is 5.75 Å². The van der Waals surface area contributed by atoms with Gasteiger partial charge in [-0.05, 0) is 62.6 Å². The van der Waals surface area contributed by atoms with Crippen molar-refractivity contribution in [2.45, 2.75) is 102 Å². The third-order valence-corrected chi connectivity index (χ3v) is 8.68. The van der Waals surface area contributed by atoms with E-state index in [0.29, 0.717) is 24.8 Å². The summed E-state index contributed by atoms with van der Waals surface area (Å²) in [5, 5.41) is 36.1. The Hall–Kier alpha value is -4.73. The first-order valence-corrected chi connectivity index (χ1v) is 16.1. The molecule has 0 spiro atoms. The first kappa shape index (κ1) is 37.7. The first-order chi connectivity index (χ1) is 22.6. The molecule has 16 nitrogen and oxygen atoms in total. The highest BCUT2D eigenvalue weighted by Crippen LogP contribution is 2.22. The number of nitrogens with one attached hydrogen (secondary N) is 3. The number of nitrogens with zero attached hydrogens (tertiary/aromatic N) is 2. The lowest BCUT2D eigenvalue weighted by Gasteiger charge is -2.31. The Bertz CT molecular complexity index is 1370. The summed E-state index contributed by atoms with van der Waals surface area (Å²) in [4.78, 5) is 92.0. The number of aromatic hydroxyl groups is 1. The number of hydrogen-bond acceptors (Lipinski definition) is 9. The molecule has 1 aromatic rings. The van der Waals surface area contributed by atoms with Gasteiger partial charge in [-0.1, -0.05) is 26.0 Å².